The third kappa shape index (κ3) is 2.85. The lowest BCUT2D eigenvalue weighted by Gasteiger charge is -2.24. The number of para-hydroxylation sites is 1. The molecule has 0 saturated carbocycles. The maximum absolute atomic E-state index is 13.1. The van der Waals surface area contributed by atoms with E-state index in [0.717, 1.165) is 28.6 Å². The van der Waals surface area contributed by atoms with Gasteiger partial charge in [0.05, 0.1) is 16.3 Å². The number of fused-ring (bicyclic) bond motifs is 1. The molecule has 1 N–H and O–H groups in total. The van der Waals surface area contributed by atoms with Crippen molar-refractivity contribution < 1.29 is 9.18 Å². The summed E-state index contributed by atoms with van der Waals surface area (Å²) in [5.74, 6) is -0.262. The fraction of sp³-hybridized carbons (Fsp3) is 0.222. The Morgan fingerprint density at radius 2 is 2.00 bits per heavy atom. The number of carbonyl (C=O) groups excluding carboxylic acids is 1. The molecule has 1 aliphatic heterocycles. The van der Waals surface area contributed by atoms with Crippen molar-refractivity contribution >= 4 is 32.7 Å². The second kappa shape index (κ2) is 6.20. The third-order valence-corrected chi connectivity index (χ3v) is 5.23. The highest BCUT2D eigenvalue weighted by Gasteiger charge is 2.30. The van der Waals surface area contributed by atoms with Gasteiger partial charge in [-0.2, -0.15) is 0 Å². The number of nitrogens with one attached hydrogen (secondary N) is 1. The minimum absolute atomic E-state index is 0.0139. The zero-order chi connectivity index (χ0) is 16.5. The summed E-state index contributed by atoms with van der Waals surface area (Å²) in [4.78, 5) is 18.9. The zero-order valence-electron chi connectivity index (χ0n) is 12.9. The van der Waals surface area contributed by atoms with E-state index in [1.807, 2.05) is 24.3 Å². The highest BCUT2D eigenvalue weighted by Crippen LogP contribution is 2.33. The molecule has 0 aliphatic carbocycles. The van der Waals surface area contributed by atoms with E-state index in [2.05, 4.69) is 10.3 Å². The molecular formula is C18H16FN3OS. The van der Waals surface area contributed by atoms with Crippen molar-refractivity contribution in [1.82, 2.24) is 9.88 Å². The van der Waals surface area contributed by atoms with E-state index in [4.69, 9.17) is 0 Å². The summed E-state index contributed by atoms with van der Waals surface area (Å²) in [5.41, 5.74) is 1.85. The summed E-state index contributed by atoms with van der Waals surface area (Å²) >= 11 is 1.46. The molecule has 1 saturated heterocycles. The molecule has 0 radical (unpaired) electrons. The van der Waals surface area contributed by atoms with Crippen molar-refractivity contribution in [2.45, 2.75) is 18.9 Å². The Balaban J connectivity index is 1.53. The number of benzene rings is 2. The van der Waals surface area contributed by atoms with Crippen LogP contribution in [0.4, 0.5) is 14.3 Å². The van der Waals surface area contributed by atoms with Gasteiger partial charge in [-0.15, -0.1) is 0 Å². The lowest BCUT2D eigenvalue weighted by atomic mass is 10.0. The Kier molecular flexibility index (Phi) is 3.90. The number of anilines is 1. The molecule has 4 rings (SSSR count). The molecule has 0 spiro atoms. The summed E-state index contributed by atoms with van der Waals surface area (Å²) in [6.45, 7) is 0.693. The minimum Gasteiger partial charge on any atom is -0.317 e. The van der Waals surface area contributed by atoms with Gasteiger partial charge in [-0.25, -0.2) is 14.2 Å². The molecule has 1 atom stereocenters. The standard InChI is InChI=1S/C18H16FN3OS/c19-13-9-7-12(8-10-13)15-5-3-11-22(15)18(23)21-17-20-14-4-1-2-6-16(14)24-17/h1-2,4,6-10,15H,3,5,11H2,(H,20,21,23). The Labute approximate surface area is 142 Å². The van der Waals surface area contributed by atoms with Crippen LogP contribution in [0.1, 0.15) is 24.4 Å². The summed E-state index contributed by atoms with van der Waals surface area (Å²) in [6, 6.07) is 14.0. The van der Waals surface area contributed by atoms with Crippen molar-refractivity contribution in [3.63, 3.8) is 0 Å². The zero-order valence-corrected chi connectivity index (χ0v) is 13.7. The van der Waals surface area contributed by atoms with Crippen molar-refractivity contribution in [1.29, 1.82) is 0 Å². The predicted octanol–water partition coefficient (Wildman–Crippen LogP) is 4.80. The van der Waals surface area contributed by atoms with Crippen LogP contribution in [0.15, 0.2) is 48.5 Å². The maximum Gasteiger partial charge on any atom is 0.324 e. The number of likely N-dealkylation sites (tertiary alicyclic amines) is 1. The van der Waals surface area contributed by atoms with Gasteiger partial charge in [0.1, 0.15) is 5.82 Å². The van der Waals surface area contributed by atoms with Crippen molar-refractivity contribution in [3.8, 4) is 0 Å². The largest absolute Gasteiger partial charge is 0.324 e. The van der Waals surface area contributed by atoms with E-state index < -0.39 is 0 Å². The molecule has 1 unspecified atom stereocenters. The van der Waals surface area contributed by atoms with E-state index in [1.165, 1.54) is 23.5 Å². The lowest BCUT2D eigenvalue weighted by Crippen LogP contribution is -2.34. The van der Waals surface area contributed by atoms with Crippen LogP contribution in [0, 0.1) is 5.82 Å². The van der Waals surface area contributed by atoms with Crippen molar-refractivity contribution in [2.24, 2.45) is 0 Å². The van der Waals surface area contributed by atoms with Gasteiger partial charge in [0, 0.05) is 6.54 Å². The maximum atomic E-state index is 13.1. The first-order valence-corrected chi connectivity index (χ1v) is 8.71. The predicted molar refractivity (Wildman–Crippen MR) is 93.7 cm³/mol. The van der Waals surface area contributed by atoms with Crippen LogP contribution in [0.3, 0.4) is 0 Å². The second-order valence-corrected chi connectivity index (χ2v) is 6.85. The quantitative estimate of drug-likeness (QED) is 0.727. The second-order valence-electron chi connectivity index (χ2n) is 5.82. The van der Waals surface area contributed by atoms with E-state index in [9.17, 15) is 9.18 Å². The molecule has 1 fully saturated rings. The van der Waals surface area contributed by atoms with Gasteiger partial charge in [-0.3, -0.25) is 5.32 Å². The SMILES string of the molecule is O=C(Nc1nc2ccccc2s1)N1CCCC1c1ccc(F)cc1. The van der Waals surface area contributed by atoms with Crippen LogP contribution in [0.2, 0.25) is 0 Å². The number of hydrogen-bond donors (Lipinski definition) is 1. The molecule has 0 bridgehead atoms. The number of nitrogens with zero attached hydrogens (tertiary/aromatic N) is 2. The molecule has 2 amide bonds. The molecule has 2 heterocycles. The highest BCUT2D eigenvalue weighted by molar-refractivity contribution is 7.22. The van der Waals surface area contributed by atoms with Crippen molar-refractivity contribution in [3.05, 3.63) is 59.9 Å². The van der Waals surface area contributed by atoms with Crippen LogP contribution in [0.25, 0.3) is 10.2 Å². The van der Waals surface area contributed by atoms with Crippen LogP contribution >= 0.6 is 11.3 Å². The van der Waals surface area contributed by atoms with Gasteiger partial charge < -0.3 is 4.90 Å². The third-order valence-electron chi connectivity index (χ3n) is 4.28. The molecule has 6 heteroatoms. The Bertz CT molecular complexity index is 844. The number of thiazole rings is 1. The summed E-state index contributed by atoms with van der Waals surface area (Å²) in [6.07, 6.45) is 1.83. The molecule has 4 nitrogen and oxygen atoms in total. The Hall–Kier alpha value is -2.47. The monoisotopic (exact) mass is 341 g/mol. The Morgan fingerprint density at radius 1 is 1.21 bits per heavy atom. The Morgan fingerprint density at radius 3 is 2.79 bits per heavy atom. The molecule has 1 aromatic heterocycles. The molecular weight excluding hydrogens is 325 g/mol. The molecule has 2 aromatic carbocycles. The van der Waals surface area contributed by atoms with Gasteiger partial charge >= 0.3 is 6.03 Å². The number of carbonyl (C=O) groups is 1. The first kappa shape index (κ1) is 15.1. The number of rotatable bonds is 2. The van der Waals surface area contributed by atoms with Crippen molar-refractivity contribution in [2.75, 3.05) is 11.9 Å². The van der Waals surface area contributed by atoms with Crippen LogP contribution < -0.4 is 5.32 Å². The highest BCUT2D eigenvalue weighted by atomic mass is 32.1. The van der Waals surface area contributed by atoms with Gasteiger partial charge in [-0.05, 0) is 42.7 Å². The smallest absolute Gasteiger partial charge is 0.317 e. The molecule has 3 aromatic rings. The average molecular weight is 341 g/mol. The summed E-state index contributed by atoms with van der Waals surface area (Å²) in [5, 5.41) is 3.51. The van der Waals surface area contributed by atoms with E-state index in [-0.39, 0.29) is 17.9 Å². The fourth-order valence-electron chi connectivity index (χ4n) is 3.13. The lowest BCUT2D eigenvalue weighted by molar-refractivity contribution is 0.207. The first-order valence-electron chi connectivity index (χ1n) is 7.89. The average Bonchev–Trinajstić information content (AvgIpc) is 3.21. The number of aromatic nitrogens is 1. The fourth-order valence-corrected chi connectivity index (χ4v) is 3.99. The van der Waals surface area contributed by atoms with Gasteiger partial charge in [0.25, 0.3) is 0 Å². The minimum atomic E-state index is -0.262. The number of hydrogen-bond acceptors (Lipinski definition) is 3. The van der Waals surface area contributed by atoms with E-state index in [1.54, 1.807) is 17.0 Å². The van der Waals surface area contributed by atoms with Gasteiger partial charge in [0.2, 0.25) is 0 Å². The number of urea groups is 1. The van der Waals surface area contributed by atoms with Crippen LogP contribution in [0.5, 0.6) is 0 Å². The normalized spacial score (nSPS) is 17.4. The van der Waals surface area contributed by atoms with E-state index >= 15 is 0 Å². The molecule has 122 valence electrons. The first-order chi connectivity index (χ1) is 11.7. The summed E-state index contributed by atoms with van der Waals surface area (Å²) in [7, 11) is 0. The summed E-state index contributed by atoms with van der Waals surface area (Å²) < 4.78 is 14.2. The van der Waals surface area contributed by atoms with Gasteiger partial charge in [0.15, 0.2) is 5.13 Å². The number of halogens is 1. The van der Waals surface area contributed by atoms with Gasteiger partial charge in [-0.1, -0.05) is 35.6 Å². The topological polar surface area (TPSA) is 45.2 Å². The van der Waals surface area contributed by atoms with Crippen LogP contribution in [-0.2, 0) is 0 Å². The molecule has 1 aliphatic rings. The van der Waals surface area contributed by atoms with E-state index in [0.29, 0.717) is 11.7 Å². The molecule has 24 heavy (non-hydrogen) atoms. The number of amides is 2. The van der Waals surface area contributed by atoms with Crippen LogP contribution in [-0.4, -0.2) is 22.5 Å².